The smallest absolute Gasteiger partial charge is 0.00458 e. The van der Waals surface area contributed by atoms with Crippen molar-refractivity contribution in [3.63, 3.8) is 0 Å². The predicted octanol–water partition coefficient (Wildman–Crippen LogP) is 2.03. The third-order valence-electron chi connectivity index (χ3n) is 1.43. The molecular formula is C8H13NS. The predicted molar refractivity (Wildman–Crippen MR) is 46.3 cm³/mol. The fraction of sp³-hybridized carbons (Fsp3) is 0.500. The van der Waals surface area contributed by atoms with Gasteiger partial charge in [-0.3, -0.25) is 0 Å². The second-order valence-corrected chi connectivity index (χ2v) is 3.63. The summed E-state index contributed by atoms with van der Waals surface area (Å²) < 4.78 is 0. The van der Waals surface area contributed by atoms with Crippen molar-refractivity contribution in [3.8, 4) is 0 Å². The second-order valence-electron chi connectivity index (χ2n) is 2.60. The molecule has 0 bridgehead atoms. The van der Waals surface area contributed by atoms with Gasteiger partial charge in [-0.05, 0) is 31.2 Å². The first kappa shape index (κ1) is 7.76. The lowest BCUT2D eigenvalue weighted by atomic mass is 10.2. The van der Waals surface area contributed by atoms with E-state index in [1.54, 1.807) is 0 Å². The molecule has 1 atom stereocenters. The first-order valence-corrected chi connectivity index (χ1v) is 4.45. The van der Waals surface area contributed by atoms with E-state index >= 15 is 0 Å². The lowest BCUT2D eigenvalue weighted by Gasteiger charge is -2.00. The Hall–Kier alpha value is -0.340. The summed E-state index contributed by atoms with van der Waals surface area (Å²) in [6, 6.07) is 4.58. The van der Waals surface area contributed by atoms with Crippen LogP contribution in [0.3, 0.4) is 0 Å². The summed E-state index contributed by atoms with van der Waals surface area (Å²) in [4.78, 5) is 1.44. The van der Waals surface area contributed by atoms with E-state index in [0.29, 0.717) is 6.04 Å². The maximum absolute atomic E-state index is 5.61. The summed E-state index contributed by atoms with van der Waals surface area (Å²) in [6.45, 7) is 2.05. The number of hydrogen-bond acceptors (Lipinski definition) is 2. The quantitative estimate of drug-likeness (QED) is 0.710. The highest BCUT2D eigenvalue weighted by atomic mass is 32.1. The molecular weight excluding hydrogens is 142 g/mol. The minimum absolute atomic E-state index is 0.335. The van der Waals surface area contributed by atoms with Crippen LogP contribution in [0.25, 0.3) is 0 Å². The average Bonchev–Trinajstić information content (AvgIpc) is 2.34. The van der Waals surface area contributed by atoms with E-state index in [9.17, 15) is 0 Å². The third kappa shape index (κ3) is 2.50. The molecule has 0 aliphatic carbocycles. The van der Waals surface area contributed by atoms with Gasteiger partial charge in [-0.2, -0.15) is 0 Å². The van der Waals surface area contributed by atoms with Gasteiger partial charge in [-0.1, -0.05) is 6.07 Å². The molecule has 0 fully saturated rings. The summed E-state index contributed by atoms with van der Waals surface area (Å²) in [6.07, 6.45) is 2.23. The Morgan fingerprint density at radius 2 is 2.50 bits per heavy atom. The van der Waals surface area contributed by atoms with Crippen molar-refractivity contribution in [2.24, 2.45) is 5.73 Å². The summed E-state index contributed by atoms with van der Waals surface area (Å²) in [5.74, 6) is 0. The van der Waals surface area contributed by atoms with Crippen LogP contribution in [-0.4, -0.2) is 6.04 Å². The molecule has 56 valence electrons. The van der Waals surface area contributed by atoms with Gasteiger partial charge in [0.15, 0.2) is 0 Å². The molecule has 1 unspecified atom stereocenters. The molecule has 0 radical (unpaired) electrons. The van der Waals surface area contributed by atoms with Gasteiger partial charge in [-0.25, -0.2) is 0 Å². The van der Waals surface area contributed by atoms with Gasteiger partial charge in [0.05, 0.1) is 0 Å². The number of hydrogen-bond donors (Lipinski definition) is 1. The zero-order valence-electron chi connectivity index (χ0n) is 6.21. The van der Waals surface area contributed by atoms with Crippen LogP contribution in [0.2, 0.25) is 0 Å². The molecule has 0 aromatic carbocycles. The Bertz CT molecular complexity index is 167. The Labute approximate surface area is 65.9 Å². The van der Waals surface area contributed by atoms with Crippen molar-refractivity contribution >= 4 is 11.3 Å². The lowest BCUT2D eigenvalue weighted by molar-refractivity contribution is 0.670. The summed E-state index contributed by atoms with van der Waals surface area (Å²) in [5, 5.41) is 2.11. The normalized spacial score (nSPS) is 13.4. The standard InChI is InChI=1S/C8H13NS/c1-7(9)4-5-8-3-2-6-10-8/h2-3,6-7H,4-5,9H2,1H3. The molecule has 0 spiro atoms. The van der Waals surface area contributed by atoms with E-state index in [1.807, 2.05) is 18.3 Å². The van der Waals surface area contributed by atoms with Crippen LogP contribution in [0.4, 0.5) is 0 Å². The van der Waals surface area contributed by atoms with Crippen molar-refractivity contribution in [2.45, 2.75) is 25.8 Å². The van der Waals surface area contributed by atoms with Gasteiger partial charge in [0.25, 0.3) is 0 Å². The first-order chi connectivity index (χ1) is 4.79. The van der Waals surface area contributed by atoms with Gasteiger partial charge in [0.1, 0.15) is 0 Å². The van der Waals surface area contributed by atoms with Gasteiger partial charge >= 0.3 is 0 Å². The van der Waals surface area contributed by atoms with Crippen molar-refractivity contribution in [1.82, 2.24) is 0 Å². The third-order valence-corrected chi connectivity index (χ3v) is 2.36. The van der Waals surface area contributed by atoms with Crippen LogP contribution < -0.4 is 5.73 Å². The molecule has 0 aliphatic heterocycles. The molecule has 0 aliphatic rings. The van der Waals surface area contributed by atoms with Crippen LogP contribution in [0, 0.1) is 0 Å². The zero-order chi connectivity index (χ0) is 7.40. The number of nitrogens with two attached hydrogens (primary N) is 1. The maximum Gasteiger partial charge on any atom is 0.00458 e. The van der Waals surface area contributed by atoms with Gasteiger partial charge in [-0.15, -0.1) is 11.3 Å². The summed E-state index contributed by atoms with van der Waals surface area (Å²) in [7, 11) is 0. The molecule has 0 saturated carbocycles. The molecule has 2 heteroatoms. The largest absolute Gasteiger partial charge is 0.328 e. The fourth-order valence-electron chi connectivity index (χ4n) is 0.825. The van der Waals surface area contributed by atoms with Crippen molar-refractivity contribution in [2.75, 3.05) is 0 Å². The average molecular weight is 155 g/mol. The second kappa shape index (κ2) is 3.74. The van der Waals surface area contributed by atoms with Crippen LogP contribution in [0.15, 0.2) is 17.5 Å². The number of aryl methyl sites for hydroxylation is 1. The Kier molecular flexibility index (Phi) is 2.90. The number of rotatable bonds is 3. The van der Waals surface area contributed by atoms with Gasteiger partial charge in [0, 0.05) is 10.9 Å². The van der Waals surface area contributed by atoms with Crippen LogP contribution >= 0.6 is 11.3 Å². The topological polar surface area (TPSA) is 26.0 Å². The molecule has 1 heterocycles. The van der Waals surface area contributed by atoms with Gasteiger partial charge < -0.3 is 5.73 Å². The summed E-state index contributed by atoms with van der Waals surface area (Å²) >= 11 is 1.81. The highest BCUT2D eigenvalue weighted by Gasteiger charge is 1.96. The molecule has 1 rings (SSSR count). The van der Waals surface area contributed by atoms with E-state index in [0.717, 1.165) is 12.8 Å². The van der Waals surface area contributed by atoms with Crippen LogP contribution in [0.5, 0.6) is 0 Å². The molecule has 1 aromatic heterocycles. The monoisotopic (exact) mass is 155 g/mol. The molecule has 0 amide bonds. The number of thiophene rings is 1. The minimum Gasteiger partial charge on any atom is -0.328 e. The highest BCUT2D eigenvalue weighted by molar-refractivity contribution is 7.09. The minimum atomic E-state index is 0.335. The Morgan fingerprint density at radius 3 is 3.00 bits per heavy atom. The van der Waals surface area contributed by atoms with Crippen molar-refractivity contribution < 1.29 is 0 Å². The maximum atomic E-state index is 5.61. The Morgan fingerprint density at radius 1 is 1.70 bits per heavy atom. The molecule has 2 N–H and O–H groups in total. The van der Waals surface area contributed by atoms with E-state index in [-0.39, 0.29) is 0 Å². The van der Waals surface area contributed by atoms with Crippen LogP contribution in [0.1, 0.15) is 18.2 Å². The lowest BCUT2D eigenvalue weighted by Crippen LogP contribution is -2.14. The molecule has 10 heavy (non-hydrogen) atoms. The molecule has 1 nitrogen and oxygen atoms in total. The molecule has 1 aromatic rings. The first-order valence-electron chi connectivity index (χ1n) is 3.57. The zero-order valence-corrected chi connectivity index (χ0v) is 7.03. The fourth-order valence-corrected chi connectivity index (χ4v) is 1.55. The van der Waals surface area contributed by atoms with Crippen LogP contribution in [-0.2, 0) is 6.42 Å². The van der Waals surface area contributed by atoms with E-state index in [4.69, 9.17) is 5.73 Å². The Balaban J connectivity index is 2.28. The molecule has 0 saturated heterocycles. The van der Waals surface area contributed by atoms with Gasteiger partial charge in [0.2, 0.25) is 0 Å². The van der Waals surface area contributed by atoms with E-state index in [2.05, 4.69) is 17.5 Å². The van der Waals surface area contributed by atoms with E-state index < -0.39 is 0 Å². The van der Waals surface area contributed by atoms with Crippen molar-refractivity contribution in [1.29, 1.82) is 0 Å². The van der Waals surface area contributed by atoms with E-state index in [1.165, 1.54) is 4.88 Å². The summed E-state index contributed by atoms with van der Waals surface area (Å²) in [5.41, 5.74) is 5.61. The SMILES string of the molecule is CC(N)CCc1cccs1. The highest BCUT2D eigenvalue weighted by Crippen LogP contribution is 2.11. The van der Waals surface area contributed by atoms with Crippen molar-refractivity contribution in [3.05, 3.63) is 22.4 Å².